The Kier molecular flexibility index (Phi) is 7.13. The van der Waals surface area contributed by atoms with Crippen molar-refractivity contribution in [1.82, 2.24) is 4.98 Å². The number of carbonyl (C=O) groups is 1. The molecule has 2 aromatic carbocycles. The number of fused-ring (bicyclic) bond motifs is 1. The van der Waals surface area contributed by atoms with E-state index in [4.69, 9.17) is 23.9 Å². The lowest BCUT2D eigenvalue weighted by atomic mass is 9.99. The van der Waals surface area contributed by atoms with Gasteiger partial charge in [-0.25, -0.2) is 4.79 Å². The number of hydrogen-bond donors (Lipinski definition) is 0. The summed E-state index contributed by atoms with van der Waals surface area (Å²) in [5.74, 6) is 1.92. The summed E-state index contributed by atoms with van der Waals surface area (Å²) in [6.07, 6.45) is -0.0491. The average Bonchev–Trinajstić information content (AvgIpc) is 2.74. The van der Waals surface area contributed by atoms with Gasteiger partial charge in [0.25, 0.3) is 0 Å². The molecule has 31 heavy (non-hydrogen) atoms. The highest BCUT2D eigenvalue weighted by Gasteiger charge is 2.21. The number of aryl methyl sites for hydroxylation is 4. The Labute approximate surface area is 183 Å². The fourth-order valence-electron chi connectivity index (χ4n) is 3.54. The van der Waals surface area contributed by atoms with Crippen LogP contribution in [0.2, 0.25) is 0 Å². The van der Waals surface area contributed by atoms with Crippen LogP contribution in [0.4, 0.5) is 4.79 Å². The van der Waals surface area contributed by atoms with E-state index in [0.717, 1.165) is 56.8 Å². The molecular weight excluding hydrogens is 394 g/mol. The summed E-state index contributed by atoms with van der Waals surface area (Å²) in [5.41, 5.74) is 5.42. The van der Waals surface area contributed by atoms with Gasteiger partial charge in [-0.05, 0) is 57.9 Å². The highest BCUT2D eigenvalue weighted by molar-refractivity contribution is 5.94. The Balaban J connectivity index is 2.10. The van der Waals surface area contributed by atoms with E-state index in [1.54, 1.807) is 7.11 Å². The van der Waals surface area contributed by atoms with Gasteiger partial charge in [0, 0.05) is 23.9 Å². The van der Waals surface area contributed by atoms with Crippen LogP contribution in [0.25, 0.3) is 10.9 Å². The zero-order chi connectivity index (χ0) is 22.5. The molecule has 6 heteroatoms. The molecule has 0 aliphatic heterocycles. The summed E-state index contributed by atoms with van der Waals surface area (Å²) in [6.45, 7) is 10.3. The summed E-state index contributed by atoms with van der Waals surface area (Å²) in [5, 5.41) is 0.742. The van der Waals surface area contributed by atoms with E-state index in [0.29, 0.717) is 12.4 Å². The second kappa shape index (κ2) is 9.79. The summed E-state index contributed by atoms with van der Waals surface area (Å²) in [7, 11) is 1.55. The molecular formula is C25H29NO5. The molecule has 0 fully saturated rings. The van der Waals surface area contributed by atoms with Gasteiger partial charge in [-0.3, -0.25) is 4.98 Å². The second-order valence-electron chi connectivity index (χ2n) is 7.52. The monoisotopic (exact) mass is 423 g/mol. The fourth-order valence-corrected chi connectivity index (χ4v) is 3.54. The molecule has 0 N–H and O–H groups in total. The van der Waals surface area contributed by atoms with Crippen molar-refractivity contribution in [3.63, 3.8) is 0 Å². The first-order valence-electron chi connectivity index (χ1n) is 10.4. The zero-order valence-electron chi connectivity index (χ0n) is 19.0. The maximum atomic E-state index is 12.3. The predicted octanol–water partition coefficient (Wildman–Crippen LogP) is 5.98. The minimum Gasteiger partial charge on any atom is -0.457 e. The van der Waals surface area contributed by atoms with Gasteiger partial charge in [0.15, 0.2) is 0 Å². The van der Waals surface area contributed by atoms with Gasteiger partial charge in [-0.1, -0.05) is 24.6 Å². The Morgan fingerprint density at radius 1 is 0.968 bits per heavy atom. The van der Waals surface area contributed by atoms with Crippen molar-refractivity contribution >= 4 is 17.1 Å². The van der Waals surface area contributed by atoms with Gasteiger partial charge in [0.05, 0.1) is 17.5 Å². The molecule has 0 aliphatic carbocycles. The Morgan fingerprint density at radius 2 is 1.68 bits per heavy atom. The van der Waals surface area contributed by atoms with E-state index < -0.39 is 6.16 Å². The van der Waals surface area contributed by atoms with Crippen LogP contribution in [0, 0.1) is 27.7 Å². The minimum absolute atomic E-state index is 0.123. The lowest BCUT2D eigenvalue weighted by Crippen LogP contribution is -2.15. The number of ether oxygens (including phenoxy) is 4. The Bertz CT molecular complexity index is 1090. The molecule has 3 aromatic rings. The van der Waals surface area contributed by atoms with E-state index in [2.05, 4.69) is 0 Å². The topological polar surface area (TPSA) is 66.9 Å². The van der Waals surface area contributed by atoms with Crippen LogP contribution in [0.15, 0.2) is 30.3 Å². The van der Waals surface area contributed by atoms with E-state index in [1.807, 2.05) is 65.0 Å². The van der Waals surface area contributed by atoms with Crippen LogP contribution < -0.4 is 9.47 Å². The lowest BCUT2D eigenvalue weighted by molar-refractivity contribution is 0.0687. The summed E-state index contributed by atoms with van der Waals surface area (Å²) in [4.78, 5) is 17.1. The molecule has 0 atom stereocenters. The first-order valence-corrected chi connectivity index (χ1v) is 10.4. The normalized spacial score (nSPS) is 10.9. The van der Waals surface area contributed by atoms with Gasteiger partial charge in [-0.15, -0.1) is 0 Å². The minimum atomic E-state index is -0.768. The number of nitrogens with zero attached hydrogens (tertiary/aromatic N) is 1. The molecule has 0 radical (unpaired) electrons. The van der Waals surface area contributed by atoms with E-state index in [-0.39, 0.29) is 6.61 Å². The average molecular weight is 424 g/mol. The Morgan fingerprint density at radius 3 is 2.32 bits per heavy atom. The van der Waals surface area contributed by atoms with Crippen LogP contribution >= 0.6 is 0 Å². The van der Waals surface area contributed by atoms with Crippen LogP contribution in [0.3, 0.4) is 0 Å². The first-order chi connectivity index (χ1) is 14.8. The maximum Gasteiger partial charge on any atom is 0.513 e. The van der Waals surface area contributed by atoms with Crippen LogP contribution in [0.1, 0.15) is 34.9 Å². The van der Waals surface area contributed by atoms with Crippen molar-refractivity contribution < 1.29 is 23.7 Å². The number of pyridine rings is 1. The molecule has 0 amide bonds. The van der Waals surface area contributed by atoms with Crippen LogP contribution in [-0.2, 0) is 15.9 Å². The molecule has 1 heterocycles. The van der Waals surface area contributed by atoms with Crippen LogP contribution in [0.5, 0.6) is 17.2 Å². The molecule has 3 rings (SSSR count). The third-order valence-electron chi connectivity index (χ3n) is 5.21. The summed E-state index contributed by atoms with van der Waals surface area (Å²) >= 11 is 0. The van der Waals surface area contributed by atoms with Crippen molar-refractivity contribution in [2.45, 2.75) is 41.0 Å². The van der Waals surface area contributed by atoms with Gasteiger partial charge in [-0.2, -0.15) is 0 Å². The smallest absolute Gasteiger partial charge is 0.457 e. The fraction of sp³-hybridized carbons (Fsp3) is 0.360. The molecule has 0 saturated heterocycles. The predicted molar refractivity (Wildman–Crippen MR) is 120 cm³/mol. The SMILES string of the molecule is CCc1nc2cc(C)c(Oc3ccc(C)cc3)c(C)c2c(OC(=O)OCCOC)c1C. The number of methoxy groups -OCH3 is 1. The molecule has 0 aliphatic rings. The van der Waals surface area contributed by atoms with Gasteiger partial charge in [0.1, 0.15) is 23.9 Å². The number of hydrogen-bond acceptors (Lipinski definition) is 6. The molecule has 0 spiro atoms. The maximum absolute atomic E-state index is 12.3. The van der Waals surface area contributed by atoms with Gasteiger partial charge in [0.2, 0.25) is 0 Å². The third kappa shape index (κ3) is 4.97. The molecule has 1 aromatic heterocycles. The second-order valence-corrected chi connectivity index (χ2v) is 7.52. The largest absolute Gasteiger partial charge is 0.513 e. The van der Waals surface area contributed by atoms with Crippen molar-refractivity contribution in [3.05, 3.63) is 58.3 Å². The molecule has 0 unspecified atom stereocenters. The zero-order valence-corrected chi connectivity index (χ0v) is 19.0. The van der Waals surface area contributed by atoms with E-state index >= 15 is 0 Å². The number of aromatic nitrogens is 1. The van der Waals surface area contributed by atoms with Crippen molar-refractivity contribution in [2.75, 3.05) is 20.3 Å². The standard InChI is InChI=1S/C25H29NO5/c1-7-20-17(4)24(31-25(27)29-13-12-28-6)22-18(5)23(16(3)14-21(22)26-20)30-19-10-8-15(2)9-11-19/h8-11,14H,7,12-13H2,1-6H3. The lowest BCUT2D eigenvalue weighted by Gasteiger charge is -2.19. The number of carbonyl (C=O) groups excluding carboxylic acids is 1. The van der Waals surface area contributed by atoms with Crippen molar-refractivity contribution in [2.24, 2.45) is 0 Å². The summed E-state index contributed by atoms with van der Waals surface area (Å²) < 4.78 is 22.0. The van der Waals surface area contributed by atoms with Crippen LogP contribution in [-0.4, -0.2) is 31.5 Å². The molecule has 6 nitrogen and oxygen atoms in total. The van der Waals surface area contributed by atoms with Gasteiger partial charge < -0.3 is 18.9 Å². The number of rotatable bonds is 7. The van der Waals surface area contributed by atoms with Crippen molar-refractivity contribution in [3.8, 4) is 17.2 Å². The summed E-state index contributed by atoms with van der Waals surface area (Å²) in [6, 6.07) is 9.85. The number of benzene rings is 2. The van der Waals surface area contributed by atoms with E-state index in [9.17, 15) is 4.79 Å². The van der Waals surface area contributed by atoms with E-state index in [1.165, 1.54) is 0 Å². The third-order valence-corrected chi connectivity index (χ3v) is 5.21. The highest BCUT2D eigenvalue weighted by Crippen LogP contribution is 2.40. The quantitative estimate of drug-likeness (QED) is 0.344. The highest BCUT2D eigenvalue weighted by atomic mass is 16.7. The van der Waals surface area contributed by atoms with Gasteiger partial charge >= 0.3 is 6.16 Å². The first kappa shape index (κ1) is 22.6. The Hall–Kier alpha value is -3.12. The molecule has 0 bridgehead atoms. The van der Waals surface area contributed by atoms with Crippen molar-refractivity contribution in [1.29, 1.82) is 0 Å². The molecule has 0 saturated carbocycles. The molecule has 164 valence electrons.